The Morgan fingerprint density at radius 2 is 1.76 bits per heavy atom. The molecule has 2 aromatic carbocycles. The number of Topliss-reactive ketones (excluding diaryl/α,β-unsaturated/α-hetero) is 1. The van der Waals surface area contributed by atoms with Gasteiger partial charge in [-0.05, 0) is 69.5 Å². The van der Waals surface area contributed by atoms with Crippen LogP contribution in [-0.4, -0.2) is 43.1 Å². The van der Waals surface area contributed by atoms with Crippen molar-refractivity contribution in [3.63, 3.8) is 0 Å². The fourth-order valence-electron chi connectivity index (χ4n) is 6.31. The summed E-state index contributed by atoms with van der Waals surface area (Å²) in [6, 6.07) is 14.2. The third-order valence-electron chi connectivity index (χ3n) is 7.63. The van der Waals surface area contributed by atoms with Crippen molar-refractivity contribution < 1.29 is 33.4 Å². The van der Waals surface area contributed by atoms with Crippen molar-refractivity contribution >= 4 is 35.5 Å². The Bertz CT molecular complexity index is 1350. The molecule has 2 amide bonds. The van der Waals surface area contributed by atoms with E-state index in [1.54, 1.807) is 77.3 Å². The molecule has 198 valence electrons. The lowest BCUT2D eigenvalue weighted by Gasteiger charge is -2.39. The Hall–Kier alpha value is -3.94. The van der Waals surface area contributed by atoms with Gasteiger partial charge < -0.3 is 14.2 Å². The second-order valence-corrected chi connectivity index (χ2v) is 10.9. The number of anilines is 1. The van der Waals surface area contributed by atoms with Gasteiger partial charge in [0.25, 0.3) is 0 Å². The van der Waals surface area contributed by atoms with Gasteiger partial charge in [-0.3, -0.25) is 14.4 Å². The van der Waals surface area contributed by atoms with Gasteiger partial charge >= 0.3 is 12.1 Å². The molecule has 2 saturated carbocycles. The van der Waals surface area contributed by atoms with E-state index in [-0.39, 0.29) is 12.4 Å². The molecule has 4 atom stereocenters. The van der Waals surface area contributed by atoms with E-state index in [0.717, 1.165) is 10.5 Å². The minimum Gasteiger partial charge on any atom is -0.497 e. The SMILES string of the molecule is CCOC(=O)[C@H]1[C@H]2C[C@H](/C(=C\c3ccc(OC)cc3)C2=O)[C@]12C(=O)N(C(=O)OC(C)(C)C)c1ccccc12. The van der Waals surface area contributed by atoms with Crippen molar-refractivity contribution in [2.24, 2.45) is 17.8 Å². The molecule has 1 aliphatic heterocycles. The number of carbonyl (C=O) groups is 4. The molecule has 5 rings (SSSR count). The number of nitrogens with zero attached hydrogens (tertiary/aromatic N) is 1. The van der Waals surface area contributed by atoms with Gasteiger partial charge in [0.2, 0.25) is 5.91 Å². The van der Waals surface area contributed by atoms with Gasteiger partial charge in [-0.1, -0.05) is 30.3 Å². The molecule has 0 N–H and O–H groups in total. The molecule has 0 saturated heterocycles. The molecule has 0 unspecified atom stereocenters. The minimum atomic E-state index is -1.46. The molecule has 8 nitrogen and oxygen atoms in total. The van der Waals surface area contributed by atoms with Crippen molar-refractivity contribution in [1.82, 2.24) is 0 Å². The topological polar surface area (TPSA) is 99.2 Å². The number of hydrogen-bond acceptors (Lipinski definition) is 7. The number of para-hydroxylation sites is 1. The number of ether oxygens (including phenoxy) is 3. The quantitative estimate of drug-likeness (QED) is 0.428. The van der Waals surface area contributed by atoms with Crippen LogP contribution in [0.15, 0.2) is 54.1 Å². The first kappa shape index (κ1) is 25.7. The standard InChI is InChI=1S/C30H31NO7/c1-6-37-26(33)24-20-16-22(19(25(20)32)15-17-11-13-18(36-5)14-12-17)30(24)21-9-7-8-10-23(21)31(27(30)34)28(35)38-29(2,3)4/h7-15,20,22,24H,6,16H2,1-5H3/b19-15+/t20-,22-,24-,30+/m1/s1. The highest BCUT2D eigenvalue weighted by Gasteiger charge is 2.74. The summed E-state index contributed by atoms with van der Waals surface area (Å²) in [5, 5.41) is 0. The number of esters is 1. The number of rotatable bonds is 4. The number of amides is 2. The zero-order valence-corrected chi connectivity index (χ0v) is 22.1. The summed E-state index contributed by atoms with van der Waals surface area (Å²) in [5.74, 6) is -3.06. The predicted octanol–water partition coefficient (Wildman–Crippen LogP) is 4.70. The van der Waals surface area contributed by atoms with Gasteiger partial charge in [0.1, 0.15) is 11.4 Å². The van der Waals surface area contributed by atoms with E-state index in [9.17, 15) is 19.2 Å². The van der Waals surface area contributed by atoms with E-state index < -0.39 is 46.7 Å². The molecule has 1 spiro atoms. The van der Waals surface area contributed by atoms with Crippen LogP contribution in [0.1, 0.15) is 45.2 Å². The number of methoxy groups -OCH3 is 1. The van der Waals surface area contributed by atoms with Crippen LogP contribution < -0.4 is 9.64 Å². The molecule has 2 fully saturated rings. The van der Waals surface area contributed by atoms with Crippen LogP contribution in [-0.2, 0) is 29.3 Å². The first-order valence-corrected chi connectivity index (χ1v) is 12.8. The molecular formula is C30H31NO7. The molecule has 2 aromatic rings. The Morgan fingerprint density at radius 1 is 1.08 bits per heavy atom. The Kier molecular flexibility index (Phi) is 6.16. The van der Waals surface area contributed by atoms with Crippen LogP contribution in [0.4, 0.5) is 10.5 Å². The lowest BCUT2D eigenvalue weighted by molar-refractivity contribution is -0.156. The number of imide groups is 1. The fourth-order valence-corrected chi connectivity index (χ4v) is 6.31. The van der Waals surface area contributed by atoms with Crippen molar-refractivity contribution in [3.05, 3.63) is 65.2 Å². The van der Waals surface area contributed by atoms with Crippen LogP contribution in [0.2, 0.25) is 0 Å². The zero-order valence-electron chi connectivity index (χ0n) is 22.1. The molecule has 2 aliphatic carbocycles. The molecule has 0 radical (unpaired) electrons. The Morgan fingerprint density at radius 3 is 2.39 bits per heavy atom. The van der Waals surface area contributed by atoms with Crippen LogP contribution >= 0.6 is 0 Å². The van der Waals surface area contributed by atoms with Gasteiger partial charge in [-0.25, -0.2) is 9.69 Å². The molecule has 3 aliphatic rings. The van der Waals surface area contributed by atoms with Crippen molar-refractivity contribution in [2.75, 3.05) is 18.6 Å². The summed E-state index contributed by atoms with van der Waals surface area (Å²) in [6.07, 6.45) is 1.28. The lowest BCUT2D eigenvalue weighted by atomic mass is 9.60. The largest absolute Gasteiger partial charge is 0.497 e. The van der Waals surface area contributed by atoms with E-state index in [1.807, 2.05) is 12.1 Å². The maximum atomic E-state index is 14.5. The first-order chi connectivity index (χ1) is 18.0. The van der Waals surface area contributed by atoms with Crippen LogP contribution in [0.25, 0.3) is 6.08 Å². The summed E-state index contributed by atoms with van der Waals surface area (Å²) in [4.78, 5) is 56.0. The Labute approximate surface area is 221 Å². The molecule has 2 bridgehead atoms. The second kappa shape index (κ2) is 9.11. The second-order valence-electron chi connectivity index (χ2n) is 10.9. The molecule has 0 aromatic heterocycles. The smallest absolute Gasteiger partial charge is 0.421 e. The lowest BCUT2D eigenvalue weighted by Crippen LogP contribution is -2.55. The number of carbonyl (C=O) groups excluding carboxylic acids is 4. The van der Waals surface area contributed by atoms with Crippen molar-refractivity contribution in [1.29, 1.82) is 0 Å². The van der Waals surface area contributed by atoms with Crippen molar-refractivity contribution in [3.8, 4) is 5.75 Å². The zero-order chi connectivity index (χ0) is 27.4. The normalized spacial score (nSPS) is 26.7. The monoisotopic (exact) mass is 517 g/mol. The van der Waals surface area contributed by atoms with Gasteiger partial charge in [0.05, 0.1) is 30.7 Å². The molecular weight excluding hydrogens is 486 g/mol. The number of hydrogen-bond donors (Lipinski definition) is 0. The van der Waals surface area contributed by atoms with Gasteiger partial charge in [0.15, 0.2) is 5.78 Å². The highest BCUT2D eigenvalue weighted by atomic mass is 16.6. The number of benzene rings is 2. The van der Waals surface area contributed by atoms with Gasteiger partial charge in [-0.15, -0.1) is 0 Å². The highest BCUT2D eigenvalue weighted by molar-refractivity contribution is 6.25. The maximum Gasteiger partial charge on any atom is 0.421 e. The highest BCUT2D eigenvalue weighted by Crippen LogP contribution is 2.66. The fraction of sp³-hybridized carbons (Fsp3) is 0.400. The Balaban J connectivity index is 1.69. The van der Waals surface area contributed by atoms with Crippen LogP contribution in [0, 0.1) is 17.8 Å². The number of allylic oxidation sites excluding steroid dienone is 1. The van der Waals surface area contributed by atoms with Gasteiger partial charge in [-0.2, -0.15) is 0 Å². The average Bonchev–Trinajstić information content (AvgIpc) is 3.46. The van der Waals surface area contributed by atoms with Crippen LogP contribution in [0.3, 0.4) is 0 Å². The van der Waals surface area contributed by atoms with Crippen molar-refractivity contribution in [2.45, 2.75) is 45.1 Å². The third kappa shape index (κ3) is 3.73. The number of ketones is 1. The summed E-state index contributed by atoms with van der Waals surface area (Å²) in [7, 11) is 1.58. The molecule has 8 heteroatoms. The minimum absolute atomic E-state index is 0.108. The third-order valence-corrected chi connectivity index (χ3v) is 7.63. The van der Waals surface area contributed by atoms with Crippen LogP contribution in [0.5, 0.6) is 5.75 Å². The summed E-state index contributed by atoms with van der Waals surface area (Å²) < 4.78 is 16.3. The molecule has 38 heavy (non-hydrogen) atoms. The maximum absolute atomic E-state index is 14.5. The van der Waals surface area contributed by atoms with E-state index in [4.69, 9.17) is 14.2 Å². The summed E-state index contributed by atoms with van der Waals surface area (Å²) >= 11 is 0. The van der Waals surface area contributed by atoms with E-state index in [0.29, 0.717) is 29.0 Å². The first-order valence-electron chi connectivity index (χ1n) is 12.8. The summed E-state index contributed by atoms with van der Waals surface area (Å²) in [5.41, 5.74) is -0.162. The summed E-state index contributed by atoms with van der Waals surface area (Å²) in [6.45, 7) is 6.96. The van der Waals surface area contributed by atoms with Gasteiger partial charge in [0, 0.05) is 17.4 Å². The number of fused-ring (bicyclic) bond motifs is 5. The van der Waals surface area contributed by atoms with E-state index in [2.05, 4.69) is 0 Å². The van der Waals surface area contributed by atoms with E-state index in [1.165, 1.54) is 0 Å². The van der Waals surface area contributed by atoms with E-state index >= 15 is 0 Å². The predicted molar refractivity (Wildman–Crippen MR) is 140 cm³/mol. The molecule has 1 heterocycles. The average molecular weight is 518 g/mol.